The molecule has 0 saturated carbocycles. The molecule has 0 spiro atoms. The van der Waals surface area contributed by atoms with Gasteiger partial charge in [0, 0.05) is 18.2 Å². The van der Waals surface area contributed by atoms with Crippen LogP contribution in [0.25, 0.3) is 10.2 Å². The molecule has 10 heteroatoms. The minimum Gasteiger partial charge on any atom is -0.497 e. The first-order valence-electron chi connectivity index (χ1n) is 12.4. The summed E-state index contributed by atoms with van der Waals surface area (Å²) in [6, 6.07) is 21.0. The second kappa shape index (κ2) is 11.0. The molecule has 1 atom stereocenters. The predicted molar refractivity (Wildman–Crippen MR) is 151 cm³/mol. The number of ether oxygens (including phenoxy) is 1. The first-order valence-corrected chi connectivity index (χ1v) is 14.6. The van der Waals surface area contributed by atoms with E-state index in [1.807, 2.05) is 55.5 Å². The Labute approximate surface area is 226 Å². The lowest BCUT2D eigenvalue weighted by Gasteiger charge is -2.32. The number of anilines is 1. The molecule has 0 bridgehead atoms. The van der Waals surface area contributed by atoms with Gasteiger partial charge in [0.1, 0.15) is 5.75 Å². The van der Waals surface area contributed by atoms with Crippen LogP contribution in [-0.4, -0.2) is 49.5 Å². The van der Waals surface area contributed by atoms with Crippen molar-refractivity contribution < 1.29 is 17.9 Å². The number of sulfonamides is 1. The SMILES string of the molecule is COc1ccc2nc(N(/N=C/c3ccccc3)C(=O)c3ccc(S(=O)(=O)N4CCCCC4C)cc3)sc2c1. The number of carbonyl (C=O) groups excluding carboxylic acids is 1. The van der Waals surface area contributed by atoms with Gasteiger partial charge in [-0.2, -0.15) is 14.4 Å². The van der Waals surface area contributed by atoms with Crippen LogP contribution in [-0.2, 0) is 10.0 Å². The zero-order chi connectivity index (χ0) is 26.7. The Morgan fingerprint density at radius 2 is 1.87 bits per heavy atom. The van der Waals surface area contributed by atoms with E-state index in [2.05, 4.69) is 10.1 Å². The number of hydrazone groups is 1. The standard InChI is InChI=1S/C28H28N4O4S2/c1-20-8-6-7-17-31(20)38(34,35)24-14-11-22(12-15-24)27(33)32(29-19-21-9-4-3-5-10-21)28-30-25-16-13-23(36-2)18-26(25)37-28/h3-5,9-16,18-20H,6-8,17H2,1-2H3/b29-19+. The minimum absolute atomic E-state index is 0.0458. The van der Waals surface area contributed by atoms with E-state index in [1.165, 1.54) is 40.6 Å². The molecule has 8 nitrogen and oxygen atoms in total. The maximum atomic E-state index is 13.7. The number of rotatable bonds is 7. The number of piperidine rings is 1. The van der Waals surface area contributed by atoms with Crippen LogP contribution < -0.4 is 9.75 Å². The largest absolute Gasteiger partial charge is 0.497 e. The van der Waals surface area contributed by atoms with Crippen LogP contribution in [0.3, 0.4) is 0 Å². The Kier molecular flexibility index (Phi) is 7.55. The molecule has 0 N–H and O–H groups in total. The van der Waals surface area contributed by atoms with Gasteiger partial charge in [0.25, 0.3) is 5.91 Å². The third kappa shape index (κ3) is 5.33. The molecule has 5 rings (SSSR count). The van der Waals surface area contributed by atoms with Crippen molar-refractivity contribution in [3.63, 3.8) is 0 Å². The van der Waals surface area contributed by atoms with Gasteiger partial charge >= 0.3 is 0 Å². The summed E-state index contributed by atoms with van der Waals surface area (Å²) < 4.78 is 34.2. The molecule has 4 aromatic rings. The van der Waals surface area contributed by atoms with Crippen LogP contribution in [0.15, 0.2) is 82.8 Å². The Balaban J connectivity index is 1.48. The van der Waals surface area contributed by atoms with Gasteiger partial charge in [-0.05, 0) is 67.8 Å². The van der Waals surface area contributed by atoms with Crippen molar-refractivity contribution in [2.24, 2.45) is 5.10 Å². The van der Waals surface area contributed by atoms with Crippen LogP contribution in [0.1, 0.15) is 42.1 Å². The summed E-state index contributed by atoms with van der Waals surface area (Å²) in [6.45, 7) is 2.44. The Morgan fingerprint density at radius 3 is 2.58 bits per heavy atom. The average Bonchev–Trinajstić information content (AvgIpc) is 3.36. The molecular weight excluding hydrogens is 520 g/mol. The molecule has 2 heterocycles. The van der Waals surface area contributed by atoms with Crippen molar-refractivity contribution in [2.75, 3.05) is 18.7 Å². The van der Waals surface area contributed by atoms with Gasteiger partial charge in [0.05, 0.1) is 28.4 Å². The zero-order valence-corrected chi connectivity index (χ0v) is 22.8. The second-order valence-corrected chi connectivity index (χ2v) is 12.0. The van der Waals surface area contributed by atoms with E-state index >= 15 is 0 Å². The molecular formula is C28H28N4O4S2. The molecule has 1 amide bonds. The average molecular weight is 549 g/mol. The van der Waals surface area contributed by atoms with Crippen molar-refractivity contribution in [1.82, 2.24) is 9.29 Å². The van der Waals surface area contributed by atoms with Crippen LogP contribution in [0.2, 0.25) is 0 Å². The smallest absolute Gasteiger partial charge is 0.280 e. The van der Waals surface area contributed by atoms with E-state index in [1.54, 1.807) is 17.6 Å². The number of thiazole rings is 1. The fourth-order valence-corrected chi connectivity index (χ4v) is 7.07. The van der Waals surface area contributed by atoms with Gasteiger partial charge in [0.2, 0.25) is 15.2 Å². The minimum atomic E-state index is -3.64. The molecule has 1 saturated heterocycles. The van der Waals surface area contributed by atoms with E-state index in [0.717, 1.165) is 35.0 Å². The second-order valence-electron chi connectivity index (χ2n) is 9.09. The lowest BCUT2D eigenvalue weighted by molar-refractivity contribution is 0.0987. The Morgan fingerprint density at radius 1 is 1.11 bits per heavy atom. The molecule has 0 radical (unpaired) electrons. The van der Waals surface area contributed by atoms with Crippen LogP contribution in [0.4, 0.5) is 5.13 Å². The summed E-state index contributed by atoms with van der Waals surface area (Å²) in [7, 11) is -2.04. The fraction of sp³-hybridized carbons (Fsp3) is 0.250. The number of benzene rings is 3. The Bertz CT molecular complexity index is 1570. The third-order valence-electron chi connectivity index (χ3n) is 6.53. The highest BCUT2D eigenvalue weighted by molar-refractivity contribution is 7.89. The maximum Gasteiger partial charge on any atom is 0.280 e. The number of amides is 1. The molecule has 1 aliphatic heterocycles. The first-order chi connectivity index (χ1) is 18.4. The number of aromatic nitrogens is 1. The molecule has 196 valence electrons. The highest BCUT2D eigenvalue weighted by atomic mass is 32.2. The lowest BCUT2D eigenvalue weighted by atomic mass is 10.1. The predicted octanol–water partition coefficient (Wildman–Crippen LogP) is 5.55. The van der Waals surface area contributed by atoms with Crippen molar-refractivity contribution in [2.45, 2.75) is 37.1 Å². The number of carbonyl (C=O) groups is 1. The fourth-order valence-electron chi connectivity index (χ4n) is 4.42. The molecule has 0 aliphatic carbocycles. The van der Waals surface area contributed by atoms with Crippen LogP contribution >= 0.6 is 11.3 Å². The van der Waals surface area contributed by atoms with Crippen molar-refractivity contribution in [3.8, 4) is 5.75 Å². The monoisotopic (exact) mass is 548 g/mol. The molecule has 38 heavy (non-hydrogen) atoms. The van der Waals surface area contributed by atoms with E-state index in [4.69, 9.17) is 4.74 Å². The lowest BCUT2D eigenvalue weighted by Crippen LogP contribution is -2.41. The van der Waals surface area contributed by atoms with E-state index in [-0.39, 0.29) is 10.9 Å². The molecule has 1 unspecified atom stereocenters. The number of fused-ring (bicyclic) bond motifs is 1. The van der Waals surface area contributed by atoms with Gasteiger partial charge in [-0.3, -0.25) is 4.79 Å². The number of methoxy groups -OCH3 is 1. The summed E-state index contributed by atoms with van der Waals surface area (Å²) in [5.74, 6) is 0.275. The summed E-state index contributed by atoms with van der Waals surface area (Å²) in [4.78, 5) is 18.5. The zero-order valence-electron chi connectivity index (χ0n) is 21.1. The normalized spacial score (nSPS) is 16.6. The molecule has 1 fully saturated rings. The molecule has 1 aliphatic rings. The van der Waals surface area contributed by atoms with Gasteiger partial charge in [-0.15, -0.1) is 0 Å². The summed E-state index contributed by atoms with van der Waals surface area (Å²) in [5.41, 5.74) is 1.85. The first kappa shape index (κ1) is 26.0. The topological polar surface area (TPSA) is 92.2 Å². The third-order valence-corrected chi connectivity index (χ3v) is 9.55. The van der Waals surface area contributed by atoms with E-state index < -0.39 is 15.9 Å². The molecule has 3 aromatic carbocycles. The van der Waals surface area contributed by atoms with E-state index in [9.17, 15) is 13.2 Å². The summed E-state index contributed by atoms with van der Waals surface area (Å²) in [6.07, 6.45) is 4.32. The Hall–Kier alpha value is -3.60. The number of nitrogens with zero attached hydrogens (tertiary/aromatic N) is 4. The van der Waals surface area contributed by atoms with Crippen molar-refractivity contribution in [1.29, 1.82) is 0 Å². The van der Waals surface area contributed by atoms with Crippen LogP contribution in [0, 0.1) is 0 Å². The van der Waals surface area contributed by atoms with E-state index in [0.29, 0.717) is 23.0 Å². The van der Waals surface area contributed by atoms with Gasteiger partial charge in [-0.1, -0.05) is 48.1 Å². The quantitative estimate of drug-likeness (QED) is 0.223. The maximum absolute atomic E-state index is 13.7. The van der Waals surface area contributed by atoms with Crippen molar-refractivity contribution in [3.05, 3.63) is 83.9 Å². The van der Waals surface area contributed by atoms with Crippen LogP contribution in [0.5, 0.6) is 5.75 Å². The highest BCUT2D eigenvalue weighted by Gasteiger charge is 2.31. The summed E-state index contributed by atoms with van der Waals surface area (Å²) >= 11 is 1.32. The van der Waals surface area contributed by atoms with Gasteiger partial charge in [-0.25, -0.2) is 13.4 Å². The molecule has 1 aromatic heterocycles. The summed E-state index contributed by atoms with van der Waals surface area (Å²) in [5, 5.41) is 6.13. The number of hydrogen-bond donors (Lipinski definition) is 0. The highest BCUT2D eigenvalue weighted by Crippen LogP contribution is 2.33. The number of hydrogen-bond acceptors (Lipinski definition) is 7. The van der Waals surface area contributed by atoms with Gasteiger partial charge < -0.3 is 4.74 Å². The van der Waals surface area contributed by atoms with Gasteiger partial charge in [0.15, 0.2) is 0 Å². The van der Waals surface area contributed by atoms with Crippen molar-refractivity contribution >= 4 is 48.8 Å².